The molecule has 2 atom stereocenters. The Labute approximate surface area is 67.0 Å². The highest BCUT2D eigenvalue weighted by Gasteiger charge is 2.43. The summed E-state index contributed by atoms with van der Waals surface area (Å²) in [6.45, 7) is 6.14. The molecule has 66 valence electrons. The Morgan fingerprint density at radius 1 is 1.18 bits per heavy atom. The molecular formula is C9H16F2. The van der Waals surface area contributed by atoms with Crippen LogP contribution in [0.3, 0.4) is 0 Å². The largest absolute Gasteiger partial charge is 0.241 e. The molecule has 0 saturated heterocycles. The third-order valence-corrected chi connectivity index (χ3v) is 2.76. The molecule has 2 unspecified atom stereocenters. The second kappa shape index (κ2) is 2.72. The van der Waals surface area contributed by atoms with Crippen molar-refractivity contribution in [3.05, 3.63) is 0 Å². The summed E-state index contributed by atoms with van der Waals surface area (Å²) in [5.74, 6) is -0.0856. The summed E-state index contributed by atoms with van der Waals surface area (Å²) in [7, 11) is 0. The van der Waals surface area contributed by atoms with Crippen LogP contribution < -0.4 is 0 Å². The summed E-state index contributed by atoms with van der Waals surface area (Å²) >= 11 is 0. The normalized spacial score (nSPS) is 32.2. The van der Waals surface area contributed by atoms with E-state index < -0.39 is 6.43 Å². The van der Waals surface area contributed by atoms with Crippen molar-refractivity contribution in [3.8, 4) is 0 Å². The average molecular weight is 162 g/mol. The molecule has 1 aliphatic carbocycles. The molecule has 0 bridgehead atoms. The topological polar surface area (TPSA) is 0 Å². The lowest BCUT2D eigenvalue weighted by atomic mass is 9.61. The van der Waals surface area contributed by atoms with Crippen molar-refractivity contribution in [1.29, 1.82) is 0 Å². The summed E-state index contributed by atoms with van der Waals surface area (Å²) in [6, 6.07) is 0. The molecule has 2 heteroatoms. The van der Waals surface area contributed by atoms with E-state index in [9.17, 15) is 8.78 Å². The van der Waals surface area contributed by atoms with E-state index in [1.807, 2.05) is 20.8 Å². The van der Waals surface area contributed by atoms with Gasteiger partial charge in [0.25, 0.3) is 0 Å². The van der Waals surface area contributed by atoms with Crippen molar-refractivity contribution in [2.24, 2.45) is 17.3 Å². The number of alkyl halides is 2. The summed E-state index contributed by atoms with van der Waals surface area (Å²) < 4.78 is 24.5. The monoisotopic (exact) mass is 162 g/mol. The smallest absolute Gasteiger partial charge is 0.210 e. The second-order valence-electron chi connectivity index (χ2n) is 4.55. The fraction of sp³-hybridized carbons (Fsp3) is 1.00. The van der Waals surface area contributed by atoms with E-state index in [1.54, 1.807) is 0 Å². The van der Waals surface area contributed by atoms with Crippen LogP contribution >= 0.6 is 0 Å². The van der Waals surface area contributed by atoms with Crippen LogP contribution in [0.5, 0.6) is 0 Å². The lowest BCUT2D eigenvalue weighted by Crippen LogP contribution is -2.40. The summed E-state index contributed by atoms with van der Waals surface area (Å²) in [5.41, 5.74) is 0.0688. The van der Waals surface area contributed by atoms with Gasteiger partial charge in [-0.05, 0) is 24.2 Å². The first-order chi connectivity index (χ1) is 4.93. The molecule has 1 rings (SSSR count). The molecule has 0 nitrogen and oxygen atoms in total. The zero-order chi connectivity index (χ0) is 8.65. The van der Waals surface area contributed by atoms with Crippen LogP contribution in [-0.2, 0) is 0 Å². The highest BCUT2D eigenvalue weighted by atomic mass is 19.3. The first kappa shape index (κ1) is 8.95. The van der Waals surface area contributed by atoms with E-state index in [2.05, 4.69) is 0 Å². The van der Waals surface area contributed by atoms with E-state index >= 15 is 0 Å². The SMILES string of the molecule is CC(C)(C)C1CCC1C(F)F. The van der Waals surface area contributed by atoms with E-state index in [0.717, 1.165) is 12.8 Å². The van der Waals surface area contributed by atoms with E-state index in [-0.39, 0.29) is 17.3 Å². The Hall–Kier alpha value is -0.140. The molecular weight excluding hydrogens is 146 g/mol. The highest BCUT2D eigenvalue weighted by Crippen LogP contribution is 2.48. The minimum Gasteiger partial charge on any atom is -0.210 e. The van der Waals surface area contributed by atoms with Crippen molar-refractivity contribution in [1.82, 2.24) is 0 Å². The van der Waals surface area contributed by atoms with Gasteiger partial charge in [0, 0.05) is 5.92 Å². The highest BCUT2D eigenvalue weighted by molar-refractivity contribution is 4.89. The van der Waals surface area contributed by atoms with Crippen LogP contribution in [0.4, 0.5) is 8.78 Å². The molecule has 0 aliphatic heterocycles. The van der Waals surface area contributed by atoms with Gasteiger partial charge in [0.1, 0.15) is 0 Å². The first-order valence-corrected chi connectivity index (χ1v) is 4.21. The van der Waals surface area contributed by atoms with Crippen molar-refractivity contribution in [3.63, 3.8) is 0 Å². The average Bonchev–Trinajstić information content (AvgIpc) is 1.51. The van der Waals surface area contributed by atoms with Crippen LogP contribution in [-0.4, -0.2) is 6.43 Å². The number of hydrogen-bond acceptors (Lipinski definition) is 0. The molecule has 0 amide bonds. The maximum atomic E-state index is 12.3. The predicted octanol–water partition coefficient (Wildman–Crippen LogP) is 3.32. The third kappa shape index (κ3) is 1.71. The fourth-order valence-corrected chi connectivity index (χ4v) is 1.90. The summed E-state index contributed by atoms with van der Waals surface area (Å²) in [6.07, 6.45) is -0.397. The maximum absolute atomic E-state index is 12.3. The first-order valence-electron chi connectivity index (χ1n) is 4.21. The Morgan fingerprint density at radius 3 is 1.82 bits per heavy atom. The third-order valence-electron chi connectivity index (χ3n) is 2.76. The molecule has 0 aromatic carbocycles. The zero-order valence-corrected chi connectivity index (χ0v) is 7.40. The molecule has 0 aromatic rings. The second-order valence-corrected chi connectivity index (χ2v) is 4.55. The van der Waals surface area contributed by atoms with Gasteiger partial charge in [-0.3, -0.25) is 0 Å². The molecule has 1 saturated carbocycles. The number of halogens is 2. The van der Waals surface area contributed by atoms with Gasteiger partial charge >= 0.3 is 0 Å². The molecule has 0 N–H and O–H groups in total. The van der Waals surface area contributed by atoms with Crippen LogP contribution in [0.15, 0.2) is 0 Å². The van der Waals surface area contributed by atoms with Crippen LogP contribution in [0, 0.1) is 17.3 Å². The van der Waals surface area contributed by atoms with Gasteiger partial charge in [-0.2, -0.15) is 0 Å². The summed E-state index contributed by atoms with van der Waals surface area (Å²) in [5, 5.41) is 0. The Balaban J connectivity index is 2.50. The predicted molar refractivity (Wildman–Crippen MR) is 41.7 cm³/mol. The molecule has 1 aliphatic rings. The Bertz CT molecular complexity index is 135. The number of rotatable bonds is 1. The van der Waals surface area contributed by atoms with Gasteiger partial charge in [-0.1, -0.05) is 20.8 Å². The van der Waals surface area contributed by atoms with Crippen LogP contribution in [0.25, 0.3) is 0 Å². The molecule has 0 heterocycles. The van der Waals surface area contributed by atoms with Gasteiger partial charge in [-0.15, -0.1) is 0 Å². The lowest BCUT2D eigenvalue weighted by Gasteiger charge is -2.44. The minimum absolute atomic E-state index is 0.0688. The maximum Gasteiger partial charge on any atom is 0.241 e. The Morgan fingerprint density at radius 2 is 1.73 bits per heavy atom. The quantitative estimate of drug-likeness (QED) is 0.554. The van der Waals surface area contributed by atoms with Crippen LogP contribution in [0.1, 0.15) is 33.6 Å². The van der Waals surface area contributed by atoms with Crippen molar-refractivity contribution >= 4 is 0 Å². The minimum atomic E-state index is -2.10. The van der Waals surface area contributed by atoms with E-state index in [4.69, 9.17) is 0 Å². The van der Waals surface area contributed by atoms with Gasteiger partial charge in [-0.25, -0.2) is 8.78 Å². The molecule has 11 heavy (non-hydrogen) atoms. The van der Waals surface area contributed by atoms with Crippen molar-refractivity contribution in [2.45, 2.75) is 40.0 Å². The van der Waals surface area contributed by atoms with Gasteiger partial charge < -0.3 is 0 Å². The summed E-state index contributed by atoms with van der Waals surface area (Å²) in [4.78, 5) is 0. The Kier molecular flexibility index (Phi) is 2.22. The van der Waals surface area contributed by atoms with Gasteiger partial charge in [0.2, 0.25) is 6.43 Å². The molecule has 0 spiro atoms. The van der Waals surface area contributed by atoms with Gasteiger partial charge in [0.15, 0.2) is 0 Å². The van der Waals surface area contributed by atoms with Crippen molar-refractivity contribution in [2.75, 3.05) is 0 Å². The number of hydrogen-bond donors (Lipinski definition) is 0. The fourth-order valence-electron chi connectivity index (χ4n) is 1.90. The molecule has 1 fully saturated rings. The molecule has 0 radical (unpaired) electrons. The lowest BCUT2D eigenvalue weighted by molar-refractivity contribution is -0.0558. The van der Waals surface area contributed by atoms with Crippen LogP contribution in [0.2, 0.25) is 0 Å². The standard InChI is InChI=1S/C9H16F2/c1-9(2,3)7-5-4-6(7)8(10)11/h6-8H,4-5H2,1-3H3. The van der Waals surface area contributed by atoms with Gasteiger partial charge in [0.05, 0.1) is 0 Å². The van der Waals surface area contributed by atoms with E-state index in [1.165, 1.54) is 0 Å². The zero-order valence-electron chi connectivity index (χ0n) is 7.40. The van der Waals surface area contributed by atoms with Crippen molar-refractivity contribution < 1.29 is 8.78 Å². The van der Waals surface area contributed by atoms with E-state index in [0.29, 0.717) is 0 Å². The molecule has 0 aromatic heterocycles.